The lowest BCUT2D eigenvalue weighted by Crippen LogP contribution is -1.92. The maximum Gasteiger partial charge on any atom is 0.133 e. The van der Waals surface area contributed by atoms with Crippen molar-refractivity contribution in [3.05, 3.63) is 53.3 Å². The van der Waals surface area contributed by atoms with Crippen LogP contribution in [0.25, 0.3) is 11.1 Å². The van der Waals surface area contributed by atoms with Gasteiger partial charge in [-0.2, -0.15) is 5.26 Å². The quantitative estimate of drug-likeness (QED) is 0.738. The highest BCUT2D eigenvalue weighted by atomic mass is 35.5. The number of hydrogen-bond acceptors (Lipinski definition) is 2. The molecule has 2 rings (SSSR count). The van der Waals surface area contributed by atoms with E-state index in [2.05, 4.69) is 11.1 Å². The second-order valence-electron chi connectivity index (χ2n) is 3.33. The highest BCUT2D eigenvalue weighted by Crippen LogP contribution is 2.27. The molecule has 16 heavy (non-hydrogen) atoms. The van der Waals surface area contributed by atoms with E-state index in [-0.39, 0.29) is 6.42 Å². The standard InChI is InChI=1S/C13H9ClN2/c14-13-12(6-8-15)11(7-9-16-13)10-4-2-1-3-5-10/h1-5,7,9H,6H2. The summed E-state index contributed by atoms with van der Waals surface area (Å²) in [6.45, 7) is 0. The van der Waals surface area contributed by atoms with E-state index in [1.54, 1.807) is 6.20 Å². The molecule has 1 aromatic carbocycles. The second kappa shape index (κ2) is 4.78. The van der Waals surface area contributed by atoms with Crippen molar-refractivity contribution in [1.29, 1.82) is 5.26 Å². The molecular weight excluding hydrogens is 220 g/mol. The Morgan fingerprint density at radius 2 is 1.94 bits per heavy atom. The van der Waals surface area contributed by atoms with Gasteiger partial charge in [-0.1, -0.05) is 41.9 Å². The van der Waals surface area contributed by atoms with E-state index in [1.807, 2.05) is 36.4 Å². The van der Waals surface area contributed by atoms with Crippen molar-refractivity contribution in [2.75, 3.05) is 0 Å². The average Bonchev–Trinajstić information content (AvgIpc) is 2.33. The van der Waals surface area contributed by atoms with E-state index < -0.39 is 0 Å². The van der Waals surface area contributed by atoms with Gasteiger partial charge in [-0.25, -0.2) is 4.98 Å². The van der Waals surface area contributed by atoms with Crippen LogP contribution in [0.2, 0.25) is 5.15 Å². The number of hydrogen-bond donors (Lipinski definition) is 0. The normalized spacial score (nSPS) is 9.75. The van der Waals surface area contributed by atoms with E-state index in [9.17, 15) is 0 Å². The fourth-order valence-electron chi connectivity index (χ4n) is 1.60. The number of nitriles is 1. The first-order valence-corrected chi connectivity index (χ1v) is 5.26. The minimum absolute atomic E-state index is 0.275. The van der Waals surface area contributed by atoms with Gasteiger partial charge in [0, 0.05) is 11.8 Å². The Balaban J connectivity index is 2.57. The van der Waals surface area contributed by atoms with E-state index in [4.69, 9.17) is 16.9 Å². The van der Waals surface area contributed by atoms with Crippen molar-refractivity contribution in [3.63, 3.8) is 0 Å². The van der Waals surface area contributed by atoms with Crippen LogP contribution in [-0.4, -0.2) is 4.98 Å². The Morgan fingerprint density at radius 1 is 1.19 bits per heavy atom. The number of halogens is 1. The van der Waals surface area contributed by atoms with Crippen LogP contribution >= 0.6 is 11.6 Å². The molecule has 0 saturated heterocycles. The van der Waals surface area contributed by atoms with Crippen molar-refractivity contribution < 1.29 is 0 Å². The number of rotatable bonds is 2. The number of pyridine rings is 1. The van der Waals surface area contributed by atoms with Crippen molar-refractivity contribution in [1.82, 2.24) is 4.98 Å². The van der Waals surface area contributed by atoms with Gasteiger partial charge in [0.15, 0.2) is 0 Å². The summed E-state index contributed by atoms with van der Waals surface area (Å²) in [5.41, 5.74) is 2.82. The van der Waals surface area contributed by atoms with Gasteiger partial charge in [0.05, 0.1) is 12.5 Å². The summed E-state index contributed by atoms with van der Waals surface area (Å²) in [7, 11) is 0. The fourth-order valence-corrected chi connectivity index (χ4v) is 1.83. The Kier molecular flexibility index (Phi) is 3.19. The van der Waals surface area contributed by atoms with E-state index in [0.29, 0.717) is 5.15 Å². The molecule has 0 unspecified atom stereocenters. The molecule has 0 aliphatic carbocycles. The largest absolute Gasteiger partial charge is 0.244 e. The molecule has 0 fully saturated rings. The first-order valence-electron chi connectivity index (χ1n) is 4.88. The SMILES string of the molecule is N#CCc1c(-c2ccccc2)ccnc1Cl. The first kappa shape index (κ1) is 10.7. The zero-order chi connectivity index (χ0) is 11.4. The summed E-state index contributed by atoms with van der Waals surface area (Å²) in [5.74, 6) is 0. The van der Waals surface area contributed by atoms with Gasteiger partial charge >= 0.3 is 0 Å². The highest BCUT2D eigenvalue weighted by molar-refractivity contribution is 6.30. The van der Waals surface area contributed by atoms with Crippen LogP contribution in [0.1, 0.15) is 5.56 Å². The number of aromatic nitrogens is 1. The lowest BCUT2D eigenvalue weighted by atomic mass is 10.0. The van der Waals surface area contributed by atoms with E-state index >= 15 is 0 Å². The van der Waals surface area contributed by atoms with Gasteiger partial charge < -0.3 is 0 Å². The smallest absolute Gasteiger partial charge is 0.133 e. The predicted octanol–water partition coefficient (Wildman–Crippen LogP) is 3.47. The third-order valence-electron chi connectivity index (χ3n) is 2.34. The molecule has 0 bridgehead atoms. The predicted molar refractivity (Wildman–Crippen MR) is 64.0 cm³/mol. The Morgan fingerprint density at radius 3 is 2.62 bits per heavy atom. The van der Waals surface area contributed by atoms with Gasteiger partial charge in [-0.3, -0.25) is 0 Å². The minimum atomic E-state index is 0.275. The van der Waals surface area contributed by atoms with Gasteiger partial charge in [0.1, 0.15) is 5.15 Å². The van der Waals surface area contributed by atoms with E-state index in [0.717, 1.165) is 16.7 Å². The van der Waals surface area contributed by atoms with Gasteiger partial charge in [0.2, 0.25) is 0 Å². The Labute approximate surface area is 99.1 Å². The maximum atomic E-state index is 8.78. The zero-order valence-electron chi connectivity index (χ0n) is 8.52. The molecule has 0 spiro atoms. The molecule has 0 saturated carbocycles. The summed E-state index contributed by atoms with van der Waals surface area (Å²) < 4.78 is 0. The summed E-state index contributed by atoms with van der Waals surface area (Å²) in [4.78, 5) is 4.00. The fraction of sp³-hybridized carbons (Fsp3) is 0.0769. The summed E-state index contributed by atoms with van der Waals surface area (Å²) in [6.07, 6.45) is 1.93. The summed E-state index contributed by atoms with van der Waals surface area (Å²) >= 11 is 6.00. The zero-order valence-corrected chi connectivity index (χ0v) is 9.28. The average molecular weight is 229 g/mol. The molecule has 2 aromatic rings. The summed E-state index contributed by atoms with van der Waals surface area (Å²) in [6, 6.07) is 13.8. The minimum Gasteiger partial charge on any atom is -0.244 e. The highest BCUT2D eigenvalue weighted by Gasteiger charge is 2.08. The molecule has 0 amide bonds. The van der Waals surface area contributed by atoms with Gasteiger partial charge in [0.25, 0.3) is 0 Å². The monoisotopic (exact) mass is 228 g/mol. The molecule has 0 radical (unpaired) electrons. The third kappa shape index (κ3) is 2.05. The molecule has 2 nitrogen and oxygen atoms in total. The molecule has 0 aliphatic rings. The van der Waals surface area contributed by atoms with Crippen molar-refractivity contribution in [2.24, 2.45) is 0 Å². The van der Waals surface area contributed by atoms with Crippen LogP contribution in [0.4, 0.5) is 0 Å². The maximum absolute atomic E-state index is 8.78. The summed E-state index contributed by atoms with van der Waals surface area (Å²) in [5, 5.41) is 9.18. The van der Waals surface area contributed by atoms with Crippen molar-refractivity contribution in [2.45, 2.75) is 6.42 Å². The Hall–Kier alpha value is -1.85. The van der Waals surface area contributed by atoms with Crippen molar-refractivity contribution >= 4 is 11.6 Å². The molecule has 78 valence electrons. The van der Waals surface area contributed by atoms with Crippen LogP contribution in [0.15, 0.2) is 42.6 Å². The van der Waals surface area contributed by atoms with Gasteiger partial charge in [-0.15, -0.1) is 0 Å². The first-order chi connectivity index (χ1) is 7.83. The lowest BCUT2D eigenvalue weighted by Gasteiger charge is -2.07. The van der Waals surface area contributed by atoms with Crippen LogP contribution in [0.5, 0.6) is 0 Å². The lowest BCUT2D eigenvalue weighted by molar-refractivity contribution is 1.19. The molecule has 0 aliphatic heterocycles. The topological polar surface area (TPSA) is 36.7 Å². The van der Waals surface area contributed by atoms with Crippen LogP contribution in [0.3, 0.4) is 0 Å². The molecule has 1 heterocycles. The number of nitrogens with zero attached hydrogens (tertiary/aromatic N) is 2. The van der Waals surface area contributed by atoms with Crippen molar-refractivity contribution in [3.8, 4) is 17.2 Å². The molecule has 0 atom stereocenters. The van der Waals surface area contributed by atoms with Crippen LogP contribution in [0, 0.1) is 11.3 Å². The third-order valence-corrected chi connectivity index (χ3v) is 2.67. The number of benzene rings is 1. The van der Waals surface area contributed by atoms with E-state index in [1.165, 1.54) is 0 Å². The van der Waals surface area contributed by atoms with Crippen LogP contribution in [-0.2, 0) is 6.42 Å². The molecule has 1 aromatic heterocycles. The van der Waals surface area contributed by atoms with Gasteiger partial charge in [-0.05, 0) is 17.2 Å². The Bertz CT molecular complexity index is 529. The second-order valence-corrected chi connectivity index (χ2v) is 3.69. The molecule has 0 N–H and O–H groups in total. The van der Waals surface area contributed by atoms with Crippen LogP contribution < -0.4 is 0 Å². The molecular formula is C13H9ClN2. The molecule has 3 heteroatoms.